The molecule has 0 aromatic carbocycles. The van der Waals surface area contributed by atoms with Crippen LogP contribution in [0.3, 0.4) is 0 Å². The second-order valence-corrected chi connectivity index (χ2v) is 8.08. The Bertz CT molecular complexity index is 739. The predicted octanol–water partition coefficient (Wildman–Crippen LogP) is 3.47. The van der Waals surface area contributed by atoms with E-state index in [4.69, 9.17) is 4.74 Å². The molecule has 2 heterocycles. The van der Waals surface area contributed by atoms with Crippen molar-refractivity contribution in [2.75, 3.05) is 13.1 Å². The number of nitrogens with one attached hydrogen (secondary N) is 2. The van der Waals surface area contributed by atoms with E-state index in [1.165, 1.54) is 17.7 Å². The lowest BCUT2D eigenvalue weighted by atomic mass is 10.2. The molecule has 1 saturated carbocycles. The fraction of sp³-hybridized carbons (Fsp3) is 0.550. The fourth-order valence-corrected chi connectivity index (χ4v) is 3.89. The third-order valence-corrected chi connectivity index (χ3v) is 5.43. The maximum Gasteiger partial charge on any atom is 0.213 e. The lowest BCUT2D eigenvalue weighted by Gasteiger charge is -2.13. The van der Waals surface area contributed by atoms with Crippen LogP contribution in [0.25, 0.3) is 0 Å². The van der Waals surface area contributed by atoms with E-state index in [2.05, 4.69) is 39.4 Å². The van der Waals surface area contributed by atoms with Crippen molar-refractivity contribution >= 4 is 17.3 Å². The van der Waals surface area contributed by atoms with Crippen LogP contribution < -0.4 is 15.4 Å². The number of rotatable bonds is 8. The van der Waals surface area contributed by atoms with E-state index in [9.17, 15) is 0 Å². The van der Waals surface area contributed by atoms with E-state index >= 15 is 0 Å². The summed E-state index contributed by atoms with van der Waals surface area (Å²) in [4.78, 5) is 14.7. The minimum Gasteiger partial charge on any atom is -0.474 e. The Morgan fingerprint density at radius 2 is 2.15 bits per heavy atom. The second kappa shape index (κ2) is 10.3. The molecule has 146 valence electrons. The lowest BCUT2D eigenvalue weighted by molar-refractivity contribution is 0.201. The number of ether oxygens (including phenoxy) is 1. The van der Waals surface area contributed by atoms with Crippen LogP contribution in [0.15, 0.2) is 29.5 Å². The van der Waals surface area contributed by atoms with Gasteiger partial charge >= 0.3 is 0 Å². The molecule has 2 N–H and O–H groups in total. The van der Waals surface area contributed by atoms with Gasteiger partial charge < -0.3 is 15.4 Å². The topological polar surface area (TPSA) is 71.4 Å². The molecule has 0 atom stereocenters. The van der Waals surface area contributed by atoms with Gasteiger partial charge in [-0.2, -0.15) is 0 Å². The van der Waals surface area contributed by atoms with Crippen molar-refractivity contribution in [3.63, 3.8) is 0 Å². The zero-order valence-electron chi connectivity index (χ0n) is 16.2. The highest BCUT2D eigenvalue weighted by atomic mass is 32.1. The van der Waals surface area contributed by atoms with Crippen LogP contribution >= 0.6 is 11.3 Å². The van der Waals surface area contributed by atoms with Gasteiger partial charge in [0.05, 0.1) is 11.6 Å². The second-order valence-electron chi connectivity index (χ2n) is 6.76. The van der Waals surface area contributed by atoms with E-state index in [0.29, 0.717) is 18.5 Å². The van der Waals surface area contributed by atoms with E-state index in [1.807, 2.05) is 18.3 Å². The van der Waals surface area contributed by atoms with Crippen LogP contribution in [-0.2, 0) is 13.0 Å². The SMILES string of the molecule is CCNC(=NCc1ccnc(OC2CCCC2)c1)NCCc1ncc(C)s1. The molecule has 1 fully saturated rings. The molecule has 0 radical (unpaired) electrons. The smallest absolute Gasteiger partial charge is 0.213 e. The molecule has 0 unspecified atom stereocenters. The molecule has 7 heteroatoms. The van der Waals surface area contributed by atoms with Crippen LogP contribution in [0.5, 0.6) is 5.88 Å². The highest BCUT2D eigenvalue weighted by Gasteiger charge is 2.17. The Kier molecular flexibility index (Phi) is 7.45. The number of guanidine groups is 1. The largest absolute Gasteiger partial charge is 0.474 e. The average Bonchev–Trinajstić information content (AvgIpc) is 3.32. The molecule has 27 heavy (non-hydrogen) atoms. The summed E-state index contributed by atoms with van der Waals surface area (Å²) in [6, 6.07) is 4.00. The molecule has 3 rings (SSSR count). The molecule has 6 nitrogen and oxygen atoms in total. The standard InChI is InChI=1S/C20H29N5OS/c1-3-21-20(23-11-9-19-24-13-15(2)27-19)25-14-16-8-10-22-18(12-16)26-17-6-4-5-7-17/h8,10,12-13,17H,3-7,9,11,14H2,1-2H3,(H2,21,23,25). The maximum absolute atomic E-state index is 5.99. The van der Waals surface area contributed by atoms with Gasteiger partial charge in [-0.25, -0.2) is 15.0 Å². The molecule has 0 aliphatic heterocycles. The van der Waals surface area contributed by atoms with E-state index in [-0.39, 0.29) is 0 Å². The zero-order valence-corrected chi connectivity index (χ0v) is 17.0. The number of thiazole rings is 1. The fourth-order valence-electron chi connectivity index (χ4n) is 3.11. The van der Waals surface area contributed by atoms with Crippen molar-refractivity contribution in [1.82, 2.24) is 20.6 Å². The minimum absolute atomic E-state index is 0.324. The summed E-state index contributed by atoms with van der Waals surface area (Å²) < 4.78 is 5.99. The van der Waals surface area contributed by atoms with Gasteiger partial charge in [-0.3, -0.25) is 0 Å². The number of nitrogens with zero attached hydrogens (tertiary/aromatic N) is 3. The quantitative estimate of drug-likeness (QED) is 0.536. The average molecular weight is 388 g/mol. The molecule has 2 aromatic heterocycles. The van der Waals surface area contributed by atoms with Crippen LogP contribution in [-0.4, -0.2) is 35.1 Å². The first kappa shape index (κ1) is 19.6. The normalized spacial score (nSPS) is 15.1. The van der Waals surface area contributed by atoms with E-state index in [0.717, 1.165) is 48.9 Å². The number of aromatic nitrogens is 2. The summed E-state index contributed by atoms with van der Waals surface area (Å²) in [7, 11) is 0. The maximum atomic E-state index is 5.99. The molecule has 2 aromatic rings. The molecule has 1 aliphatic carbocycles. The summed E-state index contributed by atoms with van der Waals surface area (Å²) in [5.41, 5.74) is 1.10. The lowest BCUT2D eigenvalue weighted by Crippen LogP contribution is -2.38. The van der Waals surface area contributed by atoms with Crippen molar-refractivity contribution in [3.05, 3.63) is 40.0 Å². The first-order valence-corrected chi connectivity index (χ1v) is 10.6. The summed E-state index contributed by atoms with van der Waals surface area (Å²) in [6.07, 6.45) is 9.74. The summed E-state index contributed by atoms with van der Waals surface area (Å²) in [5.74, 6) is 1.53. The van der Waals surface area contributed by atoms with Gasteiger partial charge in [0.15, 0.2) is 5.96 Å². The van der Waals surface area contributed by atoms with Gasteiger partial charge in [-0.15, -0.1) is 11.3 Å². The third-order valence-electron chi connectivity index (χ3n) is 4.45. The van der Waals surface area contributed by atoms with Crippen molar-refractivity contribution in [2.45, 2.75) is 58.6 Å². The molecule has 0 amide bonds. The predicted molar refractivity (Wildman–Crippen MR) is 110 cm³/mol. The van der Waals surface area contributed by atoms with Gasteiger partial charge in [0.25, 0.3) is 0 Å². The molecule has 1 aliphatic rings. The van der Waals surface area contributed by atoms with Gasteiger partial charge in [-0.1, -0.05) is 0 Å². The first-order chi connectivity index (χ1) is 13.2. The summed E-state index contributed by atoms with van der Waals surface area (Å²) in [5, 5.41) is 7.82. The highest BCUT2D eigenvalue weighted by molar-refractivity contribution is 7.11. The Hall–Kier alpha value is -2.15. The number of hydrogen-bond acceptors (Lipinski definition) is 5. The van der Waals surface area contributed by atoms with Crippen LogP contribution in [0, 0.1) is 6.92 Å². The molecular formula is C20H29N5OS. The number of aryl methyl sites for hydroxylation is 1. The van der Waals surface area contributed by atoms with Gasteiger partial charge in [0, 0.05) is 42.8 Å². The number of aliphatic imine (C=N–C) groups is 1. The monoisotopic (exact) mass is 387 g/mol. The zero-order chi connectivity index (χ0) is 18.9. The molecule has 0 saturated heterocycles. The van der Waals surface area contributed by atoms with Crippen LogP contribution in [0.4, 0.5) is 0 Å². The van der Waals surface area contributed by atoms with Crippen LogP contribution in [0.1, 0.15) is 48.1 Å². The molecule has 0 bridgehead atoms. The number of pyridine rings is 1. The summed E-state index contributed by atoms with van der Waals surface area (Å²) in [6.45, 7) is 6.38. The first-order valence-electron chi connectivity index (χ1n) is 9.78. The third kappa shape index (κ3) is 6.50. The van der Waals surface area contributed by atoms with E-state index < -0.39 is 0 Å². The molecule has 0 spiro atoms. The van der Waals surface area contributed by atoms with Crippen molar-refractivity contribution in [2.24, 2.45) is 4.99 Å². The van der Waals surface area contributed by atoms with Gasteiger partial charge in [0.1, 0.15) is 6.10 Å². The van der Waals surface area contributed by atoms with Gasteiger partial charge in [-0.05, 0) is 51.2 Å². The Balaban J connectivity index is 1.52. The minimum atomic E-state index is 0.324. The van der Waals surface area contributed by atoms with E-state index in [1.54, 1.807) is 17.5 Å². The Morgan fingerprint density at radius 3 is 2.89 bits per heavy atom. The van der Waals surface area contributed by atoms with Crippen LogP contribution in [0.2, 0.25) is 0 Å². The van der Waals surface area contributed by atoms with Crippen molar-refractivity contribution < 1.29 is 4.74 Å². The Labute approximate surface area is 165 Å². The van der Waals surface area contributed by atoms with Crippen molar-refractivity contribution in [1.29, 1.82) is 0 Å². The molecular weight excluding hydrogens is 358 g/mol. The summed E-state index contributed by atoms with van der Waals surface area (Å²) >= 11 is 1.75. The number of hydrogen-bond donors (Lipinski definition) is 2. The van der Waals surface area contributed by atoms with Gasteiger partial charge in [0.2, 0.25) is 5.88 Å². The van der Waals surface area contributed by atoms with Crippen molar-refractivity contribution in [3.8, 4) is 5.88 Å². The Morgan fingerprint density at radius 1 is 1.30 bits per heavy atom. The highest BCUT2D eigenvalue weighted by Crippen LogP contribution is 2.23.